The lowest BCUT2D eigenvalue weighted by Crippen LogP contribution is -2.39. The fraction of sp³-hybridized carbons (Fsp3) is 0.714. The van der Waals surface area contributed by atoms with Crippen LogP contribution in [-0.2, 0) is 11.2 Å². The first-order valence-corrected chi connectivity index (χ1v) is 6.84. The van der Waals surface area contributed by atoms with Crippen molar-refractivity contribution in [2.75, 3.05) is 6.54 Å². The molecule has 0 atom stereocenters. The Hall–Kier alpha value is -1.32. The standard InChI is InChI=1S/C14H22N2O2/c1-4-16(12-7-5-6-8-12)14(17)9-13-10(2)15-18-11(13)3/h12H,4-9H2,1-3H3. The van der Waals surface area contributed by atoms with Crippen molar-refractivity contribution in [2.45, 2.75) is 58.9 Å². The Morgan fingerprint density at radius 2 is 2.06 bits per heavy atom. The fourth-order valence-corrected chi connectivity index (χ4v) is 2.86. The van der Waals surface area contributed by atoms with E-state index in [4.69, 9.17) is 4.52 Å². The first-order chi connectivity index (χ1) is 8.63. The van der Waals surface area contributed by atoms with E-state index >= 15 is 0 Å². The van der Waals surface area contributed by atoms with E-state index in [1.54, 1.807) is 0 Å². The monoisotopic (exact) mass is 250 g/mol. The van der Waals surface area contributed by atoms with Crippen LogP contribution < -0.4 is 0 Å². The van der Waals surface area contributed by atoms with Gasteiger partial charge in [0.15, 0.2) is 0 Å². The predicted octanol–water partition coefficient (Wildman–Crippen LogP) is 2.63. The van der Waals surface area contributed by atoms with E-state index in [1.807, 2.05) is 18.7 Å². The van der Waals surface area contributed by atoms with Gasteiger partial charge in [-0.3, -0.25) is 4.79 Å². The topological polar surface area (TPSA) is 46.3 Å². The quantitative estimate of drug-likeness (QED) is 0.825. The highest BCUT2D eigenvalue weighted by Gasteiger charge is 2.26. The third kappa shape index (κ3) is 2.57. The predicted molar refractivity (Wildman–Crippen MR) is 69.3 cm³/mol. The lowest BCUT2D eigenvalue weighted by molar-refractivity contribution is -0.132. The highest BCUT2D eigenvalue weighted by atomic mass is 16.5. The Balaban J connectivity index is 2.06. The van der Waals surface area contributed by atoms with Gasteiger partial charge in [0.1, 0.15) is 5.76 Å². The van der Waals surface area contributed by atoms with Crippen LogP contribution in [0.1, 0.15) is 49.6 Å². The van der Waals surface area contributed by atoms with E-state index in [2.05, 4.69) is 12.1 Å². The molecule has 18 heavy (non-hydrogen) atoms. The molecule has 1 aromatic heterocycles. The van der Waals surface area contributed by atoms with Crippen molar-refractivity contribution < 1.29 is 9.32 Å². The number of hydrogen-bond donors (Lipinski definition) is 0. The number of carbonyl (C=O) groups is 1. The molecule has 0 radical (unpaired) electrons. The molecule has 1 saturated carbocycles. The molecule has 0 bridgehead atoms. The summed E-state index contributed by atoms with van der Waals surface area (Å²) in [4.78, 5) is 14.4. The molecule has 0 unspecified atom stereocenters. The van der Waals surface area contributed by atoms with Crippen LogP contribution in [0.15, 0.2) is 4.52 Å². The van der Waals surface area contributed by atoms with Gasteiger partial charge in [0.2, 0.25) is 5.91 Å². The van der Waals surface area contributed by atoms with Crippen molar-refractivity contribution in [3.05, 3.63) is 17.0 Å². The van der Waals surface area contributed by atoms with Gasteiger partial charge >= 0.3 is 0 Å². The zero-order chi connectivity index (χ0) is 13.1. The zero-order valence-electron chi connectivity index (χ0n) is 11.5. The van der Waals surface area contributed by atoms with E-state index in [9.17, 15) is 4.79 Å². The molecule has 4 heteroatoms. The molecule has 0 spiro atoms. The van der Waals surface area contributed by atoms with Crippen molar-refractivity contribution in [1.82, 2.24) is 10.1 Å². The Morgan fingerprint density at radius 1 is 1.39 bits per heavy atom. The van der Waals surface area contributed by atoms with Crippen molar-refractivity contribution in [3.8, 4) is 0 Å². The van der Waals surface area contributed by atoms with Gasteiger partial charge in [-0.25, -0.2) is 0 Å². The summed E-state index contributed by atoms with van der Waals surface area (Å²) >= 11 is 0. The molecule has 4 nitrogen and oxygen atoms in total. The van der Waals surface area contributed by atoms with Crippen molar-refractivity contribution in [2.24, 2.45) is 0 Å². The third-order valence-electron chi connectivity index (χ3n) is 3.94. The summed E-state index contributed by atoms with van der Waals surface area (Å²) in [6, 6.07) is 0.447. The molecule has 1 aliphatic rings. The van der Waals surface area contributed by atoms with Crippen molar-refractivity contribution in [3.63, 3.8) is 0 Å². The summed E-state index contributed by atoms with van der Waals surface area (Å²) < 4.78 is 5.11. The van der Waals surface area contributed by atoms with Gasteiger partial charge in [-0.15, -0.1) is 0 Å². The number of rotatable bonds is 4. The molecule has 0 aliphatic heterocycles. The summed E-state index contributed by atoms with van der Waals surface area (Å²) in [5, 5.41) is 3.91. The van der Waals surface area contributed by atoms with Gasteiger partial charge in [-0.05, 0) is 33.6 Å². The Kier molecular flexibility index (Phi) is 4.04. The van der Waals surface area contributed by atoms with E-state index in [-0.39, 0.29) is 5.91 Å². The largest absolute Gasteiger partial charge is 0.361 e. The molecule has 100 valence electrons. The third-order valence-corrected chi connectivity index (χ3v) is 3.94. The van der Waals surface area contributed by atoms with Gasteiger partial charge < -0.3 is 9.42 Å². The lowest BCUT2D eigenvalue weighted by atomic mass is 10.1. The first kappa shape index (κ1) is 13.1. The van der Waals surface area contributed by atoms with E-state index in [1.165, 1.54) is 12.8 Å². The molecular weight excluding hydrogens is 228 g/mol. The number of nitrogens with zero attached hydrogens (tertiary/aromatic N) is 2. The minimum atomic E-state index is 0.207. The molecule has 0 N–H and O–H groups in total. The average molecular weight is 250 g/mol. The van der Waals surface area contributed by atoms with Crippen LogP contribution in [0.25, 0.3) is 0 Å². The molecule has 0 saturated heterocycles. The van der Waals surface area contributed by atoms with E-state index in [0.29, 0.717) is 12.5 Å². The lowest BCUT2D eigenvalue weighted by Gasteiger charge is -2.27. The second-order valence-electron chi connectivity index (χ2n) is 5.10. The molecule has 1 aromatic rings. The van der Waals surface area contributed by atoms with Crippen LogP contribution in [-0.4, -0.2) is 28.6 Å². The van der Waals surface area contributed by atoms with Crippen molar-refractivity contribution in [1.29, 1.82) is 0 Å². The van der Waals surface area contributed by atoms with Gasteiger partial charge in [0, 0.05) is 18.2 Å². The normalized spacial score (nSPS) is 16.2. The second-order valence-corrected chi connectivity index (χ2v) is 5.10. The van der Waals surface area contributed by atoms with Gasteiger partial charge in [0.25, 0.3) is 0 Å². The summed E-state index contributed by atoms with van der Waals surface area (Å²) in [6.45, 7) is 6.62. The molecule has 1 amide bonds. The number of hydrogen-bond acceptors (Lipinski definition) is 3. The van der Waals surface area contributed by atoms with E-state index in [0.717, 1.165) is 36.4 Å². The number of carbonyl (C=O) groups excluding carboxylic acids is 1. The summed E-state index contributed by atoms with van der Waals surface area (Å²) in [7, 11) is 0. The smallest absolute Gasteiger partial charge is 0.227 e. The number of amides is 1. The molecular formula is C14H22N2O2. The molecule has 1 aliphatic carbocycles. The number of aromatic nitrogens is 1. The van der Waals surface area contributed by atoms with Crippen LogP contribution in [0.4, 0.5) is 0 Å². The highest BCUT2D eigenvalue weighted by molar-refractivity contribution is 5.79. The second kappa shape index (κ2) is 5.55. The van der Waals surface area contributed by atoms with Crippen LogP contribution >= 0.6 is 0 Å². The first-order valence-electron chi connectivity index (χ1n) is 6.84. The number of likely N-dealkylation sites (N-methyl/N-ethyl adjacent to an activating group) is 1. The maximum atomic E-state index is 12.4. The van der Waals surface area contributed by atoms with Crippen LogP contribution in [0, 0.1) is 13.8 Å². The molecule has 2 rings (SSSR count). The molecule has 1 fully saturated rings. The molecule has 0 aromatic carbocycles. The van der Waals surface area contributed by atoms with Crippen LogP contribution in [0.2, 0.25) is 0 Å². The fourth-order valence-electron chi connectivity index (χ4n) is 2.86. The summed E-state index contributed by atoms with van der Waals surface area (Å²) in [5.41, 5.74) is 1.79. The van der Waals surface area contributed by atoms with Gasteiger partial charge in [0.05, 0.1) is 12.1 Å². The minimum absolute atomic E-state index is 0.207. The average Bonchev–Trinajstić information content (AvgIpc) is 2.96. The Bertz CT molecular complexity index is 400. The minimum Gasteiger partial charge on any atom is -0.361 e. The maximum absolute atomic E-state index is 12.4. The maximum Gasteiger partial charge on any atom is 0.227 e. The summed E-state index contributed by atoms with van der Waals surface area (Å²) in [5.74, 6) is 0.974. The van der Waals surface area contributed by atoms with Gasteiger partial charge in [-0.2, -0.15) is 0 Å². The number of aryl methyl sites for hydroxylation is 2. The summed E-state index contributed by atoms with van der Waals surface area (Å²) in [6.07, 6.45) is 5.23. The van der Waals surface area contributed by atoms with Crippen LogP contribution in [0.3, 0.4) is 0 Å². The molecule has 1 heterocycles. The van der Waals surface area contributed by atoms with Crippen LogP contribution in [0.5, 0.6) is 0 Å². The van der Waals surface area contributed by atoms with Gasteiger partial charge in [-0.1, -0.05) is 18.0 Å². The Morgan fingerprint density at radius 3 is 2.56 bits per heavy atom. The Labute approximate surface area is 108 Å². The van der Waals surface area contributed by atoms with E-state index < -0.39 is 0 Å². The zero-order valence-corrected chi connectivity index (χ0v) is 11.5. The SMILES string of the molecule is CCN(C(=O)Cc1c(C)noc1C)C1CCCC1. The highest BCUT2D eigenvalue weighted by Crippen LogP contribution is 2.24. The van der Waals surface area contributed by atoms with Crippen molar-refractivity contribution >= 4 is 5.91 Å².